The second-order valence-corrected chi connectivity index (χ2v) is 1.08. The van der Waals surface area contributed by atoms with Gasteiger partial charge in [0.05, 0.1) is 0 Å². The van der Waals surface area contributed by atoms with Crippen LogP contribution in [-0.4, -0.2) is 32.8 Å². The maximum Gasteiger partial charge on any atom is 0.309 e. The van der Waals surface area contributed by atoms with E-state index in [0.29, 0.717) is 0 Å². The molecule has 2 amide bonds. The van der Waals surface area contributed by atoms with Crippen molar-refractivity contribution in [3.63, 3.8) is 0 Å². The summed E-state index contributed by atoms with van der Waals surface area (Å²) >= 11 is 0. The van der Waals surface area contributed by atoms with Crippen LogP contribution < -0.4 is 11.5 Å². The number of nitrogens with two attached hydrogens (primary N) is 2. The van der Waals surface area contributed by atoms with Crippen LogP contribution in [0.2, 0.25) is 0 Å². The third kappa shape index (κ3) is 2000. The van der Waals surface area contributed by atoms with Gasteiger partial charge in [-0.2, -0.15) is 0 Å². The number of ether oxygens (including phenoxy) is 1. The molecule has 0 saturated carbocycles. The van der Waals surface area contributed by atoms with Gasteiger partial charge in [-0.05, 0) is 0 Å². The summed E-state index contributed by atoms with van der Waals surface area (Å²) in [5, 5.41) is 0. The molecule has 0 aromatic heterocycles. The zero-order chi connectivity index (χ0) is 9.70. The molecule has 0 radical (unpaired) electrons. The van der Waals surface area contributed by atoms with Gasteiger partial charge in [0, 0.05) is 14.2 Å². The zero-order valence-corrected chi connectivity index (χ0v) is 6.44. The topological polar surface area (TPSA) is 112 Å². The number of primary amides is 2. The lowest BCUT2D eigenvalue weighted by Crippen LogP contribution is -2.18. The molecule has 0 saturated heterocycles. The molecule has 0 bridgehead atoms. The van der Waals surface area contributed by atoms with Crippen LogP contribution in [0.25, 0.3) is 0 Å². The van der Waals surface area contributed by atoms with Crippen LogP contribution >= 0.6 is 0 Å². The fourth-order valence-electron chi connectivity index (χ4n) is 0. The first-order valence-corrected chi connectivity index (χ1v) is 2.40. The normalized spacial score (nSPS) is 5.64. The van der Waals surface area contributed by atoms with Crippen molar-refractivity contribution < 1.29 is 19.1 Å². The van der Waals surface area contributed by atoms with Crippen LogP contribution in [0.1, 0.15) is 0 Å². The van der Waals surface area contributed by atoms with Crippen molar-refractivity contribution >= 4 is 18.6 Å². The lowest BCUT2D eigenvalue weighted by atomic mass is 10.9. The maximum atomic E-state index is 9.00. The van der Waals surface area contributed by atoms with Crippen LogP contribution in [0.4, 0.5) is 4.79 Å². The Balaban J connectivity index is -0.0000000886. The Kier molecular flexibility index (Phi) is 34.8. The van der Waals surface area contributed by atoms with Crippen LogP contribution in [0.5, 0.6) is 0 Å². The van der Waals surface area contributed by atoms with Gasteiger partial charge in [-0.3, -0.25) is 9.59 Å². The monoisotopic (exact) mass is 164 g/mol. The second kappa shape index (κ2) is 23.5. The number of hydrogen-bond acceptors (Lipinski definition) is 4. The number of methoxy groups -OCH3 is 1. The van der Waals surface area contributed by atoms with Gasteiger partial charge in [0.25, 0.3) is 0 Å². The standard InChI is InChI=1S/C2H2O2.C2H6O.CH4N2O/c3-1-2-4;1-3-2;2-1(3)4/h1-2H;1-2H3;(H4,2,3,4). The van der Waals surface area contributed by atoms with Gasteiger partial charge in [0.1, 0.15) is 0 Å². The second-order valence-electron chi connectivity index (χ2n) is 1.08. The Bertz CT molecular complexity index is 94.7. The minimum atomic E-state index is -0.833. The van der Waals surface area contributed by atoms with Gasteiger partial charge >= 0.3 is 6.03 Å². The van der Waals surface area contributed by atoms with Crippen molar-refractivity contribution in [3.05, 3.63) is 0 Å². The highest BCUT2D eigenvalue weighted by molar-refractivity contribution is 6.09. The predicted octanol–water partition coefficient (Wildman–Crippen LogP) is -1.33. The van der Waals surface area contributed by atoms with E-state index in [-0.39, 0.29) is 12.6 Å². The van der Waals surface area contributed by atoms with Crippen LogP contribution in [-0.2, 0) is 14.3 Å². The molecule has 0 aromatic rings. The molecular formula is C5H12N2O4. The smallest absolute Gasteiger partial charge is 0.309 e. The van der Waals surface area contributed by atoms with Crippen LogP contribution in [0, 0.1) is 0 Å². The van der Waals surface area contributed by atoms with E-state index in [1.807, 2.05) is 0 Å². The Hall–Kier alpha value is -1.43. The van der Waals surface area contributed by atoms with Crippen molar-refractivity contribution in [2.75, 3.05) is 14.2 Å². The summed E-state index contributed by atoms with van der Waals surface area (Å²) in [6, 6.07) is -0.833. The summed E-state index contributed by atoms with van der Waals surface area (Å²) in [6.45, 7) is 0. The van der Waals surface area contributed by atoms with E-state index in [9.17, 15) is 0 Å². The van der Waals surface area contributed by atoms with E-state index in [4.69, 9.17) is 14.4 Å². The molecule has 0 aromatic carbocycles. The summed E-state index contributed by atoms with van der Waals surface area (Å²) in [6.07, 6.45) is 0.389. The molecule has 0 spiro atoms. The Labute approximate surface area is 64.5 Å². The molecule has 0 heterocycles. The fraction of sp³-hybridized carbons (Fsp3) is 0.400. The van der Waals surface area contributed by atoms with Crippen molar-refractivity contribution in [2.24, 2.45) is 11.5 Å². The van der Waals surface area contributed by atoms with Gasteiger partial charge in [-0.15, -0.1) is 0 Å². The van der Waals surface area contributed by atoms with Crippen molar-refractivity contribution in [1.82, 2.24) is 0 Å². The predicted molar refractivity (Wildman–Crippen MR) is 38.8 cm³/mol. The number of amides is 2. The summed E-state index contributed by atoms with van der Waals surface area (Å²) in [5.41, 5.74) is 8.50. The summed E-state index contributed by atoms with van der Waals surface area (Å²) < 4.78 is 4.25. The number of urea groups is 1. The fourth-order valence-corrected chi connectivity index (χ4v) is 0. The Morgan fingerprint density at radius 3 is 1.27 bits per heavy atom. The highest BCUT2D eigenvalue weighted by Crippen LogP contribution is 1.28. The molecule has 0 aliphatic carbocycles. The van der Waals surface area contributed by atoms with Gasteiger partial charge in [0.15, 0.2) is 12.6 Å². The molecule has 6 heteroatoms. The highest BCUT2D eigenvalue weighted by Gasteiger charge is 1.60. The van der Waals surface area contributed by atoms with Crippen LogP contribution in [0.3, 0.4) is 0 Å². The number of carbonyl (C=O) groups is 3. The van der Waals surface area contributed by atoms with E-state index < -0.39 is 6.03 Å². The van der Waals surface area contributed by atoms with Gasteiger partial charge < -0.3 is 16.2 Å². The number of rotatable bonds is 1. The van der Waals surface area contributed by atoms with Crippen molar-refractivity contribution in [3.8, 4) is 0 Å². The minimum Gasteiger partial charge on any atom is -0.388 e. The average molecular weight is 164 g/mol. The number of aldehydes is 2. The van der Waals surface area contributed by atoms with E-state index in [0.717, 1.165) is 0 Å². The summed E-state index contributed by atoms with van der Waals surface area (Å²) in [4.78, 5) is 26.6. The lowest BCUT2D eigenvalue weighted by Gasteiger charge is -1.62. The summed E-state index contributed by atoms with van der Waals surface area (Å²) in [5.74, 6) is 0. The quantitative estimate of drug-likeness (QED) is 0.369. The Morgan fingerprint density at radius 1 is 1.18 bits per heavy atom. The molecule has 0 aliphatic rings. The van der Waals surface area contributed by atoms with Gasteiger partial charge in [-0.1, -0.05) is 0 Å². The van der Waals surface area contributed by atoms with E-state index in [2.05, 4.69) is 16.2 Å². The molecule has 0 fully saturated rings. The van der Waals surface area contributed by atoms with E-state index in [1.165, 1.54) is 0 Å². The Morgan fingerprint density at radius 2 is 1.27 bits per heavy atom. The molecule has 0 rings (SSSR count). The number of carbonyl (C=O) groups excluding carboxylic acids is 3. The highest BCUT2D eigenvalue weighted by atomic mass is 16.4. The van der Waals surface area contributed by atoms with Gasteiger partial charge in [0.2, 0.25) is 0 Å². The molecule has 0 unspecified atom stereocenters. The van der Waals surface area contributed by atoms with E-state index >= 15 is 0 Å². The maximum absolute atomic E-state index is 9.00. The van der Waals surface area contributed by atoms with Crippen LogP contribution in [0.15, 0.2) is 0 Å². The first-order chi connectivity index (χ1) is 5.06. The molecule has 4 N–H and O–H groups in total. The minimum absolute atomic E-state index is 0.194. The lowest BCUT2D eigenvalue weighted by molar-refractivity contribution is -0.122. The third-order valence-electron chi connectivity index (χ3n) is 0.0556. The SMILES string of the molecule is COC.NC(N)=O.O=CC=O. The largest absolute Gasteiger partial charge is 0.388 e. The van der Waals surface area contributed by atoms with Crippen molar-refractivity contribution in [2.45, 2.75) is 0 Å². The molecular weight excluding hydrogens is 152 g/mol. The molecule has 0 atom stereocenters. The molecule has 0 aliphatic heterocycles. The van der Waals surface area contributed by atoms with E-state index in [1.54, 1.807) is 14.2 Å². The number of hydrogen-bond donors (Lipinski definition) is 2. The first kappa shape index (κ1) is 16.3. The molecule has 66 valence electrons. The zero-order valence-electron chi connectivity index (χ0n) is 6.44. The van der Waals surface area contributed by atoms with Gasteiger partial charge in [-0.25, -0.2) is 4.79 Å². The summed E-state index contributed by atoms with van der Waals surface area (Å²) in [7, 11) is 3.25. The van der Waals surface area contributed by atoms with Crippen molar-refractivity contribution in [1.29, 1.82) is 0 Å². The first-order valence-electron chi connectivity index (χ1n) is 2.40. The third-order valence-corrected chi connectivity index (χ3v) is 0.0556. The molecule has 6 nitrogen and oxygen atoms in total. The molecule has 11 heavy (non-hydrogen) atoms. The average Bonchev–Trinajstić information content (AvgIpc) is 1.88.